The van der Waals surface area contributed by atoms with Gasteiger partial charge < -0.3 is 9.42 Å². The van der Waals surface area contributed by atoms with Crippen molar-refractivity contribution in [3.63, 3.8) is 0 Å². The topological polar surface area (TPSA) is 69.2 Å². The van der Waals surface area contributed by atoms with Crippen molar-refractivity contribution in [2.45, 2.75) is 13.5 Å². The molecule has 1 fully saturated rings. The molecular formula is C15H17N5O. The maximum absolute atomic E-state index is 9.15. The molecule has 0 bridgehead atoms. The number of nitrogens with zero attached hydrogens (tertiary/aromatic N) is 5. The second-order valence-corrected chi connectivity index (χ2v) is 5.18. The third-order valence-corrected chi connectivity index (χ3v) is 3.64. The average Bonchev–Trinajstić information content (AvgIpc) is 2.93. The first kappa shape index (κ1) is 13.6. The Balaban J connectivity index is 1.61. The number of aromatic nitrogens is 2. The van der Waals surface area contributed by atoms with Gasteiger partial charge in [0.1, 0.15) is 11.9 Å². The third-order valence-electron chi connectivity index (χ3n) is 3.64. The van der Waals surface area contributed by atoms with Crippen LogP contribution in [0.4, 0.5) is 5.82 Å². The molecule has 3 rings (SSSR count). The van der Waals surface area contributed by atoms with Crippen molar-refractivity contribution in [2.24, 2.45) is 0 Å². The van der Waals surface area contributed by atoms with Crippen LogP contribution in [0.5, 0.6) is 0 Å². The van der Waals surface area contributed by atoms with Crippen molar-refractivity contribution < 1.29 is 4.52 Å². The van der Waals surface area contributed by atoms with E-state index in [1.807, 2.05) is 19.1 Å². The molecule has 1 aliphatic rings. The summed E-state index contributed by atoms with van der Waals surface area (Å²) in [7, 11) is 0. The van der Waals surface area contributed by atoms with Gasteiger partial charge in [-0.3, -0.25) is 4.90 Å². The summed E-state index contributed by atoms with van der Waals surface area (Å²) >= 11 is 0. The number of pyridine rings is 1. The molecule has 0 unspecified atom stereocenters. The molecule has 2 aromatic heterocycles. The van der Waals surface area contributed by atoms with Crippen molar-refractivity contribution in [1.82, 2.24) is 15.0 Å². The molecule has 0 saturated carbocycles. The molecule has 0 aliphatic carbocycles. The Morgan fingerprint density at radius 3 is 2.81 bits per heavy atom. The molecule has 2 aromatic rings. The molecule has 0 aromatic carbocycles. The summed E-state index contributed by atoms with van der Waals surface area (Å²) in [6.07, 6.45) is 1.74. The van der Waals surface area contributed by atoms with Crippen molar-refractivity contribution in [3.8, 4) is 6.07 Å². The summed E-state index contributed by atoms with van der Waals surface area (Å²) in [5.74, 6) is 1.69. The van der Waals surface area contributed by atoms with Crippen LogP contribution in [0.1, 0.15) is 17.0 Å². The van der Waals surface area contributed by atoms with Gasteiger partial charge in [-0.25, -0.2) is 4.98 Å². The first-order chi connectivity index (χ1) is 10.3. The SMILES string of the molecule is Cc1cc(CN2CCN(c3ncccc3C#N)CC2)on1. The van der Waals surface area contributed by atoms with Crippen LogP contribution in [-0.2, 0) is 6.54 Å². The zero-order valence-electron chi connectivity index (χ0n) is 12.0. The number of hydrogen-bond donors (Lipinski definition) is 0. The second kappa shape index (κ2) is 5.94. The monoisotopic (exact) mass is 283 g/mol. The molecule has 0 radical (unpaired) electrons. The molecule has 0 spiro atoms. The second-order valence-electron chi connectivity index (χ2n) is 5.18. The summed E-state index contributed by atoms with van der Waals surface area (Å²) in [4.78, 5) is 8.83. The van der Waals surface area contributed by atoms with E-state index in [0.29, 0.717) is 5.56 Å². The Bertz CT molecular complexity index is 652. The first-order valence-electron chi connectivity index (χ1n) is 7.01. The zero-order valence-corrected chi connectivity index (χ0v) is 12.0. The van der Waals surface area contributed by atoms with E-state index in [1.54, 1.807) is 12.3 Å². The van der Waals surface area contributed by atoms with Crippen molar-refractivity contribution in [1.29, 1.82) is 5.26 Å². The number of nitriles is 1. The van der Waals surface area contributed by atoms with Crippen molar-refractivity contribution in [3.05, 3.63) is 41.4 Å². The molecule has 6 heteroatoms. The molecule has 0 amide bonds. The fraction of sp³-hybridized carbons (Fsp3) is 0.400. The van der Waals surface area contributed by atoms with Gasteiger partial charge in [-0.05, 0) is 19.1 Å². The number of aryl methyl sites for hydroxylation is 1. The smallest absolute Gasteiger partial charge is 0.150 e. The average molecular weight is 283 g/mol. The van der Waals surface area contributed by atoms with Gasteiger partial charge >= 0.3 is 0 Å². The van der Waals surface area contributed by atoms with E-state index >= 15 is 0 Å². The van der Waals surface area contributed by atoms with Crippen LogP contribution in [0.2, 0.25) is 0 Å². The highest BCUT2D eigenvalue weighted by atomic mass is 16.5. The van der Waals surface area contributed by atoms with Crippen LogP contribution >= 0.6 is 0 Å². The predicted molar refractivity (Wildman–Crippen MR) is 77.7 cm³/mol. The van der Waals surface area contributed by atoms with Crippen LogP contribution in [0, 0.1) is 18.3 Å². The molecule has 108 valence electrons. The standard InChI is InChI=1S/C15H17N5O/c1-12-9-14(21-18-12)11-19-5-7-20(8-6-19)15-13(10-16)3-2-4-17-15/h2-4,9H,5-8,11H2,1H3. The zero-order chi connectivity index (χ0) is 14.7. The number of piperazine rings is 1. The molecule has 0 N–H and O–H groups in total. The lowest BCUT2D eigenvalue weighted by Crippen LogP contribution is -2.46. The number of hydrogen-bond acceptors (Lipinski definition) is 6. The summed E-state index contributed by atoms with van der Waals surface area (Å²) in [6, 6.07) is 7.78. The number of rotatable bonds is 3. The Morgan fingerprint density at radius 2 is 2.14 bits per heavy atom. The lowest BCUT2D eigenvalue weighted by Gasteiger charge is -2.35. The van der Waals surface area contributed by atoms with Gasteiger partial charge in [0.15, 0.2) is 5.76 Å². The molecule has 0 atom stereocenters. The van der Waals surface area contributed by atoms with E-state index < -0.39 is 0 Å². The largest absolute Gasteiger partial charge is 0.360 e. The van der Waals surface area contributed by atoms with Gasteiger partial charge in [0.05, 0.1) is 17.8 Å². The maximum atomic E-state index is 9.15. The Kier molecular flexibility index (Phi) is 3.84. The van der Waals surface area contributed by atoms with E-state index in [4.69, 9.17) is 9.78 Å². The lowest BCUT2D eigenvalue weighted by molar-refractivity contribution is 0.219. The van der Waals surface area contributed by atoms with Gasteiger partial charge in [-0.1, -0.05) is 5.16 Å². The Hall–Kier alpha value is -2.39. The van der Waals surface area contributed by atoms with E-state index in [1.165, 1.54) is 0 Å². The van der Waals surface area contributed by atoms with E-state index in [-0.39, 0.29) is 0 Å². The number of anilines is 1. The lowest BCUT2D eigenvalue weighted by atomic mass is 10.2. The molecular weight excluding hydrogens is 266 g/mol. The molecule has 1 aliphatic heterocycles. The molecule has 1 saturated heterocycles. The summed E-state index contributed by atoms with van der Waals surface area (Å²) in [5, 5.41) is 13.1. The minimum Gasteiger partial charge on any atom is -0.360 e. The van der Waals surface area contributed by atoms with Gasteiger partial charge in [-0.2, -0.15) is 5.26 Å². The molecule has 3 heterocycles. The highest BCUT2D eigenvalue weighted by Gasteiger charge is 2.21. The van der Waals surface area contributed by atoms with Crippen LogP contribution in [0.25, 0.3) is 0 Å². The van der Waals surface area contributed by atoms with Crippen molar-refractivity contribution >= 4 is 5.82 Å². The predicted octanol–water partition coefficient (Wildman–Crippen LogP) is 1.57. The van der Waals surface area contributed by atoms with Crippen LogP contribution in [0.3, 0.4) is 0 Å². The van der Waals surface area contributed by atoms with E-state index in [0.717, 1.165) is 50.0 Å². The van der Waals surface area contributed by atoms with Gasteiger partial charge in [0.25, 0.3) is 0 Å². The fourth-order valence-corrected chi connectivity index (χ4v) is 2.57. The van der Waals surface area contributed by atoms with Crippen LogP contribution < -0.4 is 4.90 Å². The maximum Gasteiger partial charge on any atom is 0.150 e. The summed E-state index contributed by atoms with van der Waals surface area (Å²) < 4.78 is 5.25. The van der Waals surface area contributed by atoms with Crippen LogP contribution in [-0.4, -0.2) is 41.2 Å². The highest BCUT2D eigenvalue weighted by Crippen LogP contribution is 2.18. The minimum absolute atomic E-state index is 0.636. The van der Waals surface area contributed by atoms with Crippen LogP contribution in [0.15, 0.2) is 28.9 Å². The molecule has 6 nitrogen and oxygen atoms in total. The normalized spacial score (nSPS) is 15.9. The van der Waals surface area contributed by atoms with E-state index in [2.05, 4.69) is 26.0 Å². The van der Waals surface area contributed by atoms with E-state index in [9.17, 15) is 0 Å². The quantitative estimate of drug-likeness (QED) is 0.851. The van der Waals surface area contributed by atoms with Gasteiger partial charge in [0, 0.05) is 38.4 Å². The van der Waals surface area contributed by atoms with Crippen molar-refractivity contribution in [2.75, 3.05) is 31.1 Å². The van der Waals surface area contributed by atoms with Gasteiger partial charge in [0.2, 0.25) is 0 Å². The Labute approximate surface area is 123 Å². The highest BCUT2D eigenvalue weighted by molar-refractivity contribution is 5.53. The summed E-state index contributed by atoms with van der Waals surface area (Å²) in [5.41, 5.74) is 1.55. The third kappa shape index (κ3) is 3.03. The first-order valence-corrected chi connectivity index (χ1v) is 7.01. The summed E-state index contributed by atoms with van der Waals surface area (Å²) in [6.45, 7) is 6.26. The van der Waals surface area contributed by atoms with Gasteiger partial charge in [-0.15, -0.1) is 0 Å². The molecule has 21 heavy (non-hydrogen) atoms. The fourth-order valence-electron chi connectivity index (χ4n) is 2.57. The minimum atomic E-state index is 0.636. The Morgan fingerprint density at radius 1 is 1.33 bits per heavy atom.